The number of rotatable bonds is 3. The molecule has 1 aliphatic carbocycles. The first kappa shape index (κ1) is 14.5. The molecule has 0 aliphatic heterocycles. The number of fused-ring (bicyclic) bond motifs is 1. The number of aryl methyl sites for hydroxylation is 3. The van der Waals surface area contributed by atoms with Crippen molar-refractivity contribution in [2.75, 3.05) is 5.32 Å². The second-order valence-electron chi connectivity index (χ2n) is 6.07. The van der Waals surface area contributed by atoms with E-state index in [4.69, 9.17) is 11.6 Å². The molecule has 1 unspecified atom stereocenters. The van der Waals surface area contributed by atoms with E-state index in [0.717, 1.165) is 16.3 Å². The Bertz CT molecular complexity index is 648. The lowest BCUT2D eigenvalue weighted by atomic mass is 9.89. The van der Waals surface area contributed by atoms with Crippen molar-refractivity contribution in [1.82, 2.24) is 0 Å². The van der Waals surface area contributed by atoms with E-state index >= 15 is 0 Å². The molecular weight excluding hydrogens is 278 g/mol. The van der Waals surface area contributed by atoms with E-state index in [1.165, 1.54) is 42.4 Å². The van der Waals surface area contributed by atoms with Crippen molar-refractivity contribution in [3.05, 3.63) is 63.7 Å². The molecule has 0 bridgehead atoms. The largest absolute Gasteiger partial charge is 0.378 e. The van der Waals surface area contributed by atoms with E-state index in [2.05, 4.69) is 42.6 Å². The van der Waals surface area contributed by atoms with E-state index in [1.54, 1.807) is 0 Å². The Morgan fingerprint density at radius 2 is 1.76 bits per heavy atom. The molecule has 1 atom stereocenters. The topological polar surface area (TPSA) is 12.0 Å². The van der Waals surface area contributed by atoms with Crippen LogP contribution in [0.1, 0.15) is 48.1 Å². The van der Waals surface area contributed by atoms with Gasteiger partial charge in [-0.15, -0.1) is 0 Å². The number of hydrogen-bond donors (Lipinski definition) is 1. The smallest absolute Gasteiger partial charge is 0.0485 e. The van der Waals surface area contributed by atoms with Crippen LogP contribution in [0.25, 0.3) is 0 Å². The highest BCUT2D eigenvalue weighted by molar-refractivity contribution is 6.31. The molecule has 2 heteroatoms. The van der Waals surface area contributed by atoms with Gasteiger partial charge in [-0.25, -0.2) is 0 Å². The zero-order chi connectivity index (χ0) is 14.8. The lowest BCUT2D eigenvalue weighted by molar-refractivity contribution is 0.683. The highest BCUT2D eigenvalue weighted by Gasteiger charge is 2.12. The van der Waals surface area contributed by atoms with Gasteiger partial charge in [-0.05, 0) is 73.9 Å². The molecule has 0 fully saturated rings. The van der Waals surface area contributed by atoms with Gasteiger partial charge in [0, 0.05) is 16.8 Å². The average molecular weight is 300 g/mol. The quantitative estimate of drug-likeness (QED) is 0.766. The third kappa shape index (κ3) is 3.24. The van der Waals surface area contributed by atoms with Gasteiger partial charge in [0.2, 0.25) is 0 Å². The SMILES string of the molecule is Cc1ccc(NC(C)c2ccc3c(c2)CCCC3)cc1Cl. The van der Waals surface area contributed by atoms with E-state index < -0.39 is 0 Å². The van der Waals surface area contributed by atoms with Gasteiger partial charge >= 0.3 is 0 Å². The molecule has 0 aromatic heterocycles. The lowest BCUT2D eigenvalue weighted by Gasteiger charge is -2.21. The Labute approximate surface area is 132 Å². The first-order valence-electron chi connectivity index (χ1n) is 7.78. The molecule has 110 valence electrons. The normalized spacial score (nSPS) is 15.4. The minimum atomic E-state index is 0.288. The summed E-state index contributed by atoms with van der Waals surface area (Å²) in [6, 6.07) is 13.4. The number of halogens is 1. The lowest BCUT2D eigenvalue weighted by Crippen LogP contribution is -2.09. The summed E-state index contributed by atoms with van der Waals surface area (Å²) < 4.78 is 0. The summed E-state index contributed by atoms with van der Waals surface area (Å²) in [4.78, 5) is 0. The van der Waals surface area contributed by atoms with Crippen molar-refractivity contribution in [2.45, 2.75) is 45.6 Å². The van der Waals surface area contributed by atoms with Crippen LogP contribution in [0.2, 0.25) is 5.02 Å². The van der Waals surface area contributed by atoms with Crippen LogP contribution in [-0.4, -0.2) is 0 Å². The summed E-state index contributed by atoms with van der Waals surface area (Å²) in [5.74, 6) is 0. The maximum absolute atomic E-state index is 6.20. The van der Waals surface area contributed by atoms with Crippen LogP contribution in [0.5, 0.6) is 0 Å². The molecule has 0 saturated heterocycles. The summed E-state index contributed by atoms with van der Waals surface area (Å²) in [6.07, 6.45) is 5.13. The molecule has 0 spiro atoms. The fraction of sp³-hybridized carbons (Fsp3) is 0.368. The van der Waals surface area contributed by atoms with Crippen LogP contribution in [0.4, 0.5) is 5.69 Å². The third-order valence-electron chi connectivity index (χ3n) is 4.43. The van der Waals surface area contributed by atoms with E-state index in [9.17, 15) is 0 Å². The fourth-order valence-corrected chi connectivity index (χ4v) is 3.22. The molecule has 0 amide bonds. The van der Waals surface area contributed by atoms with Crippen LogP contribution >= 0.6 is 11.6 Å². The van der Waals surface area contributed by atoms with Crippen LogP contribution in [0, 0.1) is 6.92 Å². The standard InChI is InChI=1S/C19H22ClN/c1-13-7-10-18(12-19(13)20)21-14(2)16-9-8-15-5-3-4-6-17(15)11-16/h7-12,14,21H,3-6H2,1-2H3. The van der Waals surface area contributed by atoms with Crippen molar-refractivity contribution >= 4 is 17.3 Å². The van der Waals surface area contributed by atoms with Gasteiger partial charge in [0.1, 0.15) is 0 Å². The molecule has 0 heterocycles. The molecule has 1 nitrogen and oxygen atoms in total. The van der Waals surface area contributed by atoms with Crippen molar-refractivity contribution in [3.63, 3.8) is 0 Å². The highest BCUT2D eigenvalue weighted by atomic mass is 35.5. The molecule has 1 aliphatic rings. The van der Waals surface area contributed by atoms with Gasteiger partial charge in [0.05, 0.1) is 0 Å². The first-order valence-corrected chi connectivity index (χ1v) is 8.15. The predicted octanol–water partition coefficient (Wildman–Crippen LogP) is 5.70. The summed E-state index contributed by atoms with van der Waals surface area (Å²) in [7, 11) is 0. The fourth-order valence-electron chi connectivity index (χ4n) is 3.04. The molecule has 3 rings (SSSR count). The minimum absolute atomic E-state index is 0.288. The van der Waals surface area contributed by atoms with E-state index in [-0.39, 0.29) is 6.04 Å². The molecule has 2 aromatic carbocycles. The highest BCUT2D eigenvalue weighted by Crippen LogP contribution is 2.27. The van der Waals surface area contributed by atoms with Gasteiger partial charge in [-0.3, -0.25) is 0 Å². The average Bonchev–Trinajstić information content (AvgIpc) is 2.50. The molecule has 2 aromatic rings. The second kappa shape index (κ2) is 6.11. The number of hydrogen-bond acceptors (Lipinski definition) is 1. The van der Waals surface area contributed by atoms with Crippen molar-refractivity contribution in [3.8, 4) is 0 Å². The Kier molecular flexibility index (Phi) is 4.21. The monoisotopic (exact) mass is 299 g/mol. The summed E-state index contributed by atoms with van der Waals surface area (Å²) >= 11 is 6.20. The minimum Gasteiger partial charge on any atom is -0.378 e. The maximum atomic E-state index is 6.20. The molecule has 0 radical (unpaired) electrons. The van der Waals surface area contributed by atoms with Crippen molar-refractivity contribution in [2.24, 2.45) is 0 Å². The van der Waals surface area contributed by atoms with Gasteiger partial charge in [0.25, 0.3) is 0 Å². The molecule has 1 N–H and O–H groups in total. The number of nitrogens with one attached hydrogen (secondary N) is 1. The van der Waals surface area contributed by atoms with E-state index in [1.807, 2.05) is 13.0 Å². The predicted molar refractivity (Wildman–Crippen MR) is 91.3 cm³/mol. The Hall–Kier alpha value is -1.47. The number of benzene rings is 2. The van der Waals surface area contributed by atoms with Crippen LogP contribution in [0.15, 0.2) is 36.4 Å². The number of anilines is 1. The molecule has 0 saturated carbocycles. The third-order valence-corrected chi connectivity index (χ3v) is 4.83. The van der Waals surface area contributed by atoms with Gasteiger partial charge in [-0.1, -0.05) is 35.9 Å². The van der Waals surface area contributed by atoms with E-state index in [0.29, 0.717) is 0 Å². The molecular formula is C19H22ClN. The van der Waals surface area contributed by atoms with Crippen molar-refractivity contribution in [1.29, 1.82) is 0 Å². The Balaban J connectivity index is 1.78. The molecule has 21 heavy (non-hydrogen) atoms. The van der Waals surface area contributed by atoms with Crippen molar-refractivity contribution < 1.29 is 0 Å². The second-order valence-corrected chi connectivity index (χ2v) is 6.47. The summed E-state index contributed by atoms with van der Waals surface area (Å²) in [5.41, 5.74) is 6.62. The van der Waals surface area contributed by atoms with Crippen LogP contribution in [-0.2, 0) is 12.8 Å². The Morgan fingerprint density at radius 1 is 1.00 bits per heavy atom. The summed E-state index contributed by atoms with van der Waals surface area (Å²) in [5, 5.41) is 4.37. The van der Waals surface area contributed by atoms with Gasteiger partial charge in [-0.2, -0.15) is 0 Å². The zero-order valence-corrected chi connectivity index (χ0v) is 13.5. The van der Waals surface area contributed by atoms with Crippen LogP contribution in [0.3, 0.4) is 0 Å². The Morgan fingerprint density at radius 3 is 2.52 bits per heavy atom. The van der Waals surface area contributed by atoms with Gasteiger partial charge < -0.3 is 5.32 Å². The first-order chi connectivity index (χ1) is 10.1. The van der Waals surface area contributed by atoms with Crippen LogP contribution < -0.4 is 5.32 Å². The van der Waals surface area contributed by atoms with Gasteiger partial charge in [0.15, 0.2) is 0 Å². The zero-order valence-electron chi connectivity index (χ0n) is 12.7. The maximum Gasteiger partial charge on any atom is 0.0485 e. The summed E-state index contributed by atoms with van der Waals surface area (Å²) in [6.45, 7) is 4.23.